The van der Waals surface area contributed by atoms with Gasteiger partial charge in [-0.2, -0.15) is 0 Å². The molecule has 3 rings (SSSR count). The standard InChI is InChI=1S/C13H15Cl2N3O/c14-9-5-11-12(6-10(9)15)18(13(16)17-11)7-1-3-8(19)4-2-7/h5-8,19H,1-4H2,(H2,16,17). The number of aliphatic hydroxyl groups excluding tert-OH is 1. The molecule has 102 valence electrons. The molecule has 1 saturated carbocycles. The van der Waals surface area contributed by atoms with Crippen LogP contribution in [0, 0.1) is 0 Å². The molecule has 19 heavy (non-hydrogen) atoms. The van der Waals surface area contributed by atoms with Gasteiger partial charge in [0.2, 0.25) is 5.95 Å². The van der Waals surface area contributed by atoms with Crippen LogP contribution < -0.4 is 5.73 Å². The summed E-state index contributed by atoms with van der Waals surface area (Å²) in [6.45, 7) is 0. The van der Waals surface area contributed by atoms with Crippen molar-refractivity contribution in [3.63, 3.8) is 0 Å². The number of hydrogen-bond acceptors (Lipinski definition) is 3. The maximum atomic E-state index is 9.59. The molecule has 0 aliphatic heterocycles. The minimum Gasteiger partial charge on any atom is -0.393 e. The van der Waals surface area contributed by atoms with Crippen molar-refractivity contribution in [3.8, 4) is 0 Å². The van der Waals surface area contributed by atoms with Gasteiger partial charge >= 0.3 is 0 Å². The second-order valence-corrected chi connectivity index (χ2v) is 5.87. The van der Waals surface area contributed by atoms with E-state index in [4.69, 9.17) is 28.9 Å². The van der Waals surface area contributed by atoms with Crippen LogP contribution in [0.25, 0.3) is 11.0 Å². The van der Waals surface area contributed by atoms with Crippen LogP contribution >= 0.6 is 23.2 Å². The molecule has 1 aromatic heterocycles. The van der Waals surface area contributed by atoms with E-state index in [1.54, 1.807) is 6.07 Å². The lowest BCUT2D eigenvalue weighted by atomic mass is 9.93. The summed E-state index contributed by atoms with van der Waals surface area (Å²) < 4.78 is 2.02. The van der Waals surface area contributed by atoms with Gasteiger partial charge in [-0.1, -0.05) is 23.2 Å². The SMILES string of the molecule is Nc1nc2cc(Cl)c(Cl)cc2n1C1CCC(O)CC1. The Morgan fingerprint density at radius 1 is 1.16 bits per heavy atom. The molecule has 0 radical (unpaired) electrons. The molecule has 3 N–H and O–H groups in total. The van der Waals surface area contributed by atoms with Crippen LogP contribution in [0.2, 0.25) is 10.0 Å². The van der Waals surface area contributed by atoms with Gasteiger partial charge in [-0.15, -0.1) is 0 Å². The van der Waals surface area contributed by atoms with Gasteiger partial charge < -0.3 is 15.4 Å². The van der Waals surface area contributed by atoms with Gasteiger partial charge in [-0.3, -0.25) is 0 Å². The Bertz CT molecular complexity index is 618. The van der Waals surface area contributed by atoms with E-state index >= 15 is 0 Å². The Morgan fingerprint density at radius 3 is 2.47 bits per heavy atom. The number of anilines is 1. The molecule has 0 atom stereocenters. The normalized spacial score (nSPS) is 23.9. The van der Waals surface area contributed by atoms with Crippen LogP contribution in [0.15, 0.2) is 12.1 Å². The zero-order valence-corrected chi connectivity index (χ0v) is 11.8. The lowest BCUT2D eigenvalue weighted by Gasteiger charge is -2.27. The molecule has 1 aliphatic rings. The third kappa shape index (κ3) is 2.29. The van der Waals surface area contributed by atoms with Crippen LogP contribution in [0.4, 0.5) is 5.95 Å². The first-order valence-electron chi connectivity index (χ1n) is 6.37. The quantitative estimate of drug-likeness (QED) is 0.848. The first-order valence-corrected chi connectivity index (χ1v) is 7.12. The number of nitrogens with zero attached hydrogens (tertiary/aromatic N) is 2. The summed E-state index contributed by atoms with van der Waals surface area (Å²) >= 11 is 12.1. The molecule has 2 aromatic rings. The average molecular weight is 300 g/mol. The van der Waals surface area contributed by atoms with E-state index in [0.29, 0.717) is 16.0 Å². The third-order valence-electron chi connectivity index (χ3n) is 3.79. The van der Waals surface area contributed by atoms with Crippen molar-refractivity contribution in [2.75, 3.05) is 5.73 Å². The van der Waals surface area contributed by atoms with Gasteiger partial charge in [-0.05, 0) is 37.8 Å². The zero-order valence-electron chi connectivity index (χ0n) is 10.3. The highest BCUT2D eigenvalue weighted by molar-refractivity contribution is 6.42. The molecule has 6 heteroatoms. The van der Waals surface area contributed by atoms with E-state index in [1.807, 2.05) is 10.6 Å². The third-order valence-corrected chi connectivity index (χ3v) is 4.51. The Balaban J connectivity index is 2.07. The lowest BCUT2D eigenvalue weighted by Crippen LogP contribution is -2.22. The number of imidazole rings is 1. The number of fused-ring (bicyclic) bond motifs is 1. The summed E-state index contributed by atoms with van der Waals surface area (Å²) in [4.78, 5) is 4.34. The summed E-state index contributed by atoms with van der Waals surface area (Å²) in [6.07, 6.45) is 3.20. The molecule has 1 heterocycles. The van der Waals surface area contributed by atoms with Crippen molar-refractivity contribution in [3.05, 3.63) is 22.2 Å². The number of hydrogen-bond donors (Lipinski definition) is 2. The first kappa shape index (κ1) is 13.0. The first-order chi connectivity index (χ1) is 9.06. The van der Waals surface area contributed by atoms with Crippen molar-refractivity contribution in [2.45, 2.75) is 37.8 Å². The van der Waals surface area contributed by atoms with E-state index in [0.717, 1.165) is 36.7 Å². The fraction of sp³-hybridized carbons (Fsp3) is 0.462. The van der Waals surface area contributed by atoms with E-state index < -0.39 is 0 Å². The number of aliphatic hydroxyl groups is 1. The number of rotatable bonds is 1. The molecular weight excluding hydrogens is 285 g/mol. The molecule has 0 spiro atoms. The monoisotopic (exact) mass is 299 g/mol. The van der Waals surface area contributed by atoms with Gasteiger partial charge in [0.05, 0.1) is 27.2 Å². The average Bonchev–Trinajstić information content (AvgIpc) is 2.67. The van der Waals surface area contributed by atoms with E-state index in [1.165, 1.54) is 0 Å². The van der Waals surface area contributed by atoms with E-state index in [2.05, 4.69) is 4.98 Å². The van der Waals surface area contributed by atoms with E-state index in [9.17, 15) is 5.11 Å². The molecular formula is C13H15Cl2N3O. The Labute approximate surface area is 121 Å². The maximum Gasteiger partial charge on any atom is 0.201 e. The predicted octanol–water partition coefficient (Wildman–Crippen LogP) is 3.40. The van der Waals surface area contributed by atoms with Gasteiger partial charge in [0.25, 0.3) is 0 Å². The number of aromatic nitrogens is 2. The molecule has 4 nitrogen and oxygen atoms in total. The molecule has 0 saturated heterocycles. The molecule has 1 aliphatic carbocycles. The van der Waals surface area contributed by atoms with Gasteiger partial charge in [0.1, 0.15) is 0 Å². The topological polar surface area (TPSA) is 64.1 Å². The summed E-state index contributed by atoms with van der Waals surface area (Å²) in [5, 5.41) is 10.6. The zero-order chi connectivity index (χ0) is 13.6. The molecule has 0 unspecified atom stereocenters. The summed E-state index contributed by atoms with van der Waals surface area (Å²) in [7, 11) is 0. The van der Waals surface area contributed by atoms with Gasteiger partial charge in [0, 0.05) is 6.04 Å². The second kappa shape index (κ2) is 4.85. The van der Waals surface area contributed by atoms with Crippen molar-refractivity contribution in [2.24, 2.45) is 0 Å². The van der Waals surface area contributed by atoms with Crippen LogP contribution in [-0.2, 0) is 0 Å². The van der Waals surface area contributed by atoms with Crippen LogP contribution in [-0.4, -0.2) is 20.8 Å². The minimum atomic E-state index is -0.190. The van der Waals surface area contributed by atoms with Crippen molar-refractivity contribution in [1.29, 1.82) is 0 Å². The number of nitrogens with two attached hydrogens (primary N) is 1. The van der Waals surface area contributed by atoms with Crippen LogP contribution in [0.3, 0.4) is 0 Å². The number of nitrogen functional groups attached to an aromatic ring is 1. The highest BCUT2D eigenvalue weighted by atomic mass is 35.5. The fourth-order valence-electron chi connectivity index (χ4n) is 2.81. The van der Waals surface area contributed by atoms with Gasteiger partial charge in [0.15, 0.2) is 0 Å². The van der Waals surface area contributed by atoms with Crippen molar-refractivity contribution >= 4 is 40.2 Å². The largest absolute Gasteiger partial charge is 0.393 e. The summed E-state index contributed by atoms with van der Waals surface area (Å²) in [5.74, 6) is 0.481. The second-order valence-electron chi connectivity index (χ2n) is 5.06. The van der Waals surface area contributed by atoms with Crippen molar-refractivity contribution in [1.82, 2.24) is 9.55 Å². The Morgan fingerprint density at radius 2 is 1.79 bits per heavy atom. The van der Waals surface area contributed by atoms with E-state index in [-0.39, 0.29) is 12.1 Å². The summed E-state index contributed by atoms with van der Waals surface area (Å²) in [6, 6.07) is 3.82. The highest BCUT2D eigenvalue weighted by Crippen LogP contribution is 2.36. The predicted molar refractivity (Wildman–Crippen MR) is 77.7 cm³/mol. The maximum absolute atomic E-state index is 9.59. The van der Waals surface area contributed by atoms with Crippen LogP contribution in [0.1, 0.15) is 31.7 Å². The lowest BCUT2D eigenvalue weighted by molar-refractivity contribution is 0.112. The Kier molecular flexibility index (Phi) is 3.33. The molecule has 0 amide bonds. The van der Waals surface area contributed by atoms with Crippen LogP contribution in [0.5, 0.6) is 0 Å². The summed E-state index contributed by atoms with van der Waals surface area (Å²) in [5.41, 5.74) is 7.69. The molecule has 1 fully saturated rings. The molecule has 0 bridgehead atoms. The fourth-order valence-corrected chi connectivity index (χ4v) is 3.13. The number of benzene rings is 1. The van der Waals surface area contributed by atoms with Gasteiger partial charge in [-0.25, -0.2) is 4.98 Å². The highest BCUT2D eigenvalue weighted by Gasteiger charge is 2.24. The smallest absolute Gasteiger partial charge is 0.201 e. The molecule has 1 aromatic carbocycles. The van der Waals surface area contributed by atoms with Crippen molar-refractivity contribution < 1.29 is 5.11 Å². The Hall–Kier alpha value is -0.970. The minimum absolute atomic E-state index is 0.190. The number of halogens is 2.